The minimum absolute atomic E-state index is 0.141. The largest absolute Gasteiger partial charge is 0.384 e. The molecule has 0 bridgehead atoms. The van der Waals surface area contributed by atoms with Gasteiger partial charge in [0, 0.05) is 49.9 Å². The highest BCUT2D eigenvalue weighted by Crippen LogP contribution is 2.30. The predicted molar refractivity (Wildman–Crippen MR) is 128 cm³/mol. The van der Waals surface area contributed by atoms with Gasteiger partial charge in [0.05, 0.1) is 15.8 Å². The van der Waals surface area contributed by atoms with E-state index in [1.54, 1.807) is 6.07 Å². The molecule has 1 aliphatic heterocycles. The summed E-state index contributed by atoms with van der Waals surface area (Å²) in [5.41, 5.74) is 5.98. The number of halogens is 1. The molecule has 1 fully saturated rings. The fourth-order valence-corrected chi connectivity index (χ4v) is 4.41. The van der Waals surface area contributed by atoms with Gasteiger partial charge < -0.3 is 25.8 Å². The molecule has 0 atom stereocenters. The predicted octanol–water partition coefficient (Wildman–Crippen LogP) is 2.50. The van der Waals surface area contributed by atoms with Crippen molar-refractivity contribution < 1.29 is 9.31 Å². The lowest BCUT2D eigenvalue weighted by atomic mass is 10.1. The van der Waals surface area contributed by atoms with E-state index in [2.05, 4.69) is 20.1 Å². The normalized spacial score (nSPS) is 15.3. The second kappa shape index (κ2) is 10.2. The topological polar surface area (TPSA) is 121 Å². The van der Waals surface area contributed by atoms with Crippen molar-refractivity contribution in [1.82, 2.24) is 14.8 Å². The summed E-state index contributed by atoms with van der Waals surface area (Å²) >= 11 is 0. The van der Waals surface area contributed by atoms with Crippen LogP contribution in [0.15, 0.2) is 35.1 Å². The van der Waals surface area contributed by atoms with Crippen LogP contribution in [0, 0.1) is 15.9 Å². The van der Waals surface area contributed by atoms with Crippen LogP contribution >= 0.6 is 0 Å². The van der Waals surface area contributed by atoms with Gasteiger partial charge in [-0.15, -0.1) is 0 Å². The maximum absolute atomic E-state index is 13.7. The summed E-state index contributed by atoms with van der Waals surface area (Å²) in [6.07, 6.45) is 1.88. The van der Waals surface area contributed by atoms with E-state index in [1.165, 1.54) is 18.2 Å². The smallest absolute Gasteiger partial charge is 0.293 e. The number of H-pyrrole nitrogens is 1. The summed E-state index contributed by atoms with van der Waals surface area (Å²) in [6.45, 7) is 7.42. The fourth-order valence-electron chi connectivity index (χ4n) is 4.41. The number of non-ortho nitro benzene ring substituents is 1. The molecule has 0 unspecified atom stereocenters. The maximum Gasteiger partial charge on any atom is 0.293 e. The Morgan fingerprint density at radius 3 is 2.45 bits per heavy atom. The number of nitrogens with one attached hydrogen (secondary N) is 2. The average molecular weight is 457 g/mol. The van der Waals surface area contributed by atoms with E-state index < -0.39 is 16.2 Å². The molecule has 0 amide bonds. The lowest BCUT2D eigenvalue weighted by Gasteiger charge is -2.34. The first-order valence-electron chi connectivity index (χ1n) is 11.3. The molecule has 2 heterocycles. The summed E-state index contributed by atoms with van der Waals surface area (Å²) in [4.78, 5) is 32.0. The number of aromatic amines is 1. The van der Waals surface area contributed by atoms with Crippen LogP contribution < -0.4 is 16.5 Å². The molecule has 0 spiro atoms. The first-order valence-corrected chi connectivity index (χ1v) is 11.3. The number of nitrogens with two attached hydrogens (primary N) is 1. The molecule has 9 nitrogen and oxygen atoms in total. The number of pyridine rings is 1. The Bertz CT molecular complexity index is 1210. The molecule has 4 rings (SSSR count). The summed E-state index contributed by atoms with van der Waals surface area (Å²) in [5, 5.41) is 15.1. The van der Waals surface area contributed by atoms with E-state index in [0.29, 0.717) is 17.7 Å². The van der Waals surface area contributed by atoms with E-state index in [9.17, 15) is 19.3 Å². The summed E-state index contributed by atoms with van der Waals surface area (Å²) in [7, 11) is 0. The van der Waals surface area contributed by atoms with Crippen LogP contribution in [0.4, 0.5) is 15.8 Å². The van der Waals surface area contributed by atoms with Crippen molar-refractivity contribution in [2.45, 2.75) is 12.8 Å². The van der Waals surface area contributed by atoms with Gasteiger partial charge in [0.2, 0.25) is 0 Å². The van der Waals surface area contributed by atoms with E-state index in [0.717, 1.165) is 64.7 Å². The fraction of sp³-hybridized carbons (Fsp3) is 0.435. The molecule has 1 saturated heterocycles. The highest BCUT2D eigenvalue weighted by molar-refractivity contribution is 6.03. The zero-order chi connectivity index (χ0) is 23.4. The van der Waals surface area contributed by atoms with Gasteiger partial charge >= 0.3 is 0 Å². The zero-order valence-corrected chi connectivity index (χ0v) is 18.5. The number of nitro groups is 1. The standard InChI is InChI=1S/C23H29FN6O3/c24-16-3-4-18-17(15-16)23(31)21-19(5-6-20(30(32)33)22(21)27-18)26-8-2-10-29-13-11-28(12-14-29)9-1-7-25/h3-6,15,26H,1-2,7-14,25H2,(H,27,31). The van der Waals surface area contributed by atoms with Crippen molar-refractivity contribution in [2.75, 3.05) is 57.7 Å². The van der Waals surface area contributed by atoms with Crippen molar-refractivity contribution in [1.29, 1.82) is 0 Å². The van der Waals surface area contributed by atoms with Crippen LogP contribution in [0.1, 0.15) is 12.8 Å². The van der Waals surface area contributed by atoms with E-state index in [4.69, 9.17) is 5.73 Å². The van der Waals surface area contributed by atoms with Gasteiger partial charge in [0.1, 0.15) is 11.3 Å². The van der Waals surface area contributed by atoms with Gasteiger partial charge in [-0.25, -0.2) is 4.39 Å². The molecule has 1 aliphatic rings. The molecule has 3 aromatic rings. The molecule has 10 heteroatoms. The zero-order valence-electron chi connectivity index (χ0n) is 18.5. The number of aromatic nitrogens is 1. The van der Waals surface area contributed by atoms with Gasteiger partial charge in [-0.3, -0.25) is 14.9 Å². The quantitative estimate of drug-likeness (QED) is 0.196. The Hall–Kier alpha value is -3.08. The first-order chi connectivity index (χ1) is 16.0. The minimum Gasteiger partial charge on any atom is -0.384 e. The van der Waals surface area contributed by atoms with Gasteiger partial charge in [0.25, 0.3) is 5.69 Å². The van der Waals surface area contributed by atoms with Crippen LogP contribution in [0.25, 0.3) is 21.8 Å². The summed E-state index contributed by atoms with van der Waals surface area (Å²) in [5.74, 6) is -0.532. The minimum atomic E-state index is -0.532. The average Bonchev–Trinajstić information content (AvgIpc) is 2.81. The number of rotatable bonds is 9. The van der Waals surface area contributed by atoms with Crippen molar-refractivity contribution in [3.8, 4) is 0 Å². The molecule has 33 heavy (non-hydrogen) atoms. The molecule has 2 aromatic carbocycles. The van der Waals surface area contributed by atoms with E-state index in [-0.39, 0.29) is 22.0 Å². The van der Waals surface area contributed by atoms with Crippen molar-refractivity contribution in [3.05, 3.63) is 56.5 Å². The number of nitro benzene ring substituents is 1. The third-order valence-corrected chi connectivity index (χ3v) is 6.20. The van der Waals surface area contributed by atoms with Crippen molar-refractivity contribution >= 4 is 33.2 Å². The molecule has 1 aromatic heterocycles. The molecule has 176 valence electrons. The van der Waals surface area contributed by atoms with Crippen LogP contribution in [-0.4, -0.2) is 72.1 Å². The summed E-state index contributed by atoms with van der Waals surface area (Å²) < 4.78 is 13.7. The van der Waals surface area contributed by atoms with Crippen LogP contribution in [0.2, 0.25) is 0 Å². The Labute approximate surface area is 190 Å². The van der Waals surface area contributed by atoms with Crippen LogP contribution in [0.3, 0.4) is 0 Å². The SMILES string of the molecule is NCCCN1CCN(CCCNc2ccc([N+](=O)[O-])c3[nH]c4ccc(F)cc4c(=O)c23)CC1. The number of fused-ring (bicyclic) bond motifs is 2. The highest BCUT2D eigenvalue weighted by atomic mass is 19.1. The van der Waals surface area contributed by atoms with Gasteiger partial charge in [-0.05, 0) is 56.7 Å². The van der Waals surface area contributed by atoms with Crippen molar-refractivity contribution in [2.24, 2.45) is 5.73 Å². The Morgan fingerprint density at radius 1 is 1.09 bits per heavy atom. The third-order valence-electron chi connectivity index (χ3n) is 6.20. The number of hydrogen-bond acceptors (Lipinski definition) is 7. The maximum atomic E-state index is 13.7. The number of nitrogens with zero attached hydrogens (tertiary/aromatic N) is 3. The van der Waals surface area contributed by atoms with E-state index >= 15 is 0 Å². The Morgan fingerprint density at radius 2 is 1.79 bits per heavy atom. The highest BCUT2D eigenvalue weighted by Gasteiger charge is 2.20. The first kappa shape index (κ1) is 23.1. The number of hydrogen-bond donors (Lipinski definition) is 3. The van der Waals surface area contributed by atoms with Crippen LogP contribution in [-0.2, 0) is 0 Å². The molecule has 4 N–H and O–H groups in total. The number of anilines is 1. The number of benzene rings is 2. The number of piperazine rings is 1. The molecule has 0 aliphatic carbocycles. The molecule has 0 saturated carbocycles. The second-order valence-electron chi connectivity index (χ2n) is 8.39. The summed E-state index contributed by atoms with van der Waals surface area (Å²) in [6, 6.07) is 6.73. The lowest BCUT2D eigenvalue weighted by molar-refractivity contribution is -0.383. The third kappa shape index (κ3) is 5.13. The van der Waals surface area contributed by atoms with Crippen LogP contribution in [0.5, 0.6) is 0 Å². The molecular weight excluding hydrogens is 427 g/mol. The second-order valence-corrected chi connectivity index (χ2v) is 8.39. The Balaban J connectivity index is 1.47. The lowest BCUT2D eigenvalue weighted by Crippen LogP contribution is -2.47. The van der Waals surface area contributed by atoms with Gasteiger partial charge in [-0.1, -0.05) is 0 Å². The Kier molecular flexibility index (Phi) is 7.17. The van der Waals surface area contributed by atoms with Gasteiger partial charge in [0.15, 0.2) is 5.43 Å². The van der Waals surface area contributed by atoms with Gasteiger partial charge in [-0.2, -0.15) is 0 Å². The monoisotopic (exact) mass is 456 g/mol. The van der Waals surface area contributed by atoms with Crippen molar-refractivity contribution in [3.63, 3.8) is 0 Å². The molecular formula is C23H29FN6O3. The van der Waals surface area contributed by atoms with E-state index in [1.807, 2.05) is 0 Å². The molecule has 0 radical (unpaired) electrons.